The number of carbonyl (C=O) groups is 1. The Morgan fingerprint density at radius 2 is 2.24 bits per heavy atom. The van der Waals surface area contributed by atoms with Gasteiger partial charge in [-0.25, -0.2) is 9.18 Å². The van der Waals surface area contributed by atoms with Crippen LogP contribution >= 0.6 is 0 Å². The van der Waals surface area contributed by atoms with E-state index < -0.39 is 17.9 Å². The van der Waals surface area contributed by atoms with E-state index in [4.69, 9.17) is 5.11 Å². The molecule has 5 heteroatoms. The highest BCUT2D eigenvalue weighted by Gasteiger charge is 2.29. The minimum atomic E-state index is -1.19. The second-order valence-corrected chi connectivity index (χ2v) is 4.25. The van der Waals surface area contributed by atoms with E-state index in [2.05, 4.69) is 5.32 Å². The molecule has 1 atom stereocenters. The maximum absolute atomic E-state index is 13.5. The summed E-state index contributed by atoms with van der Waals surface area (Å²) in [5.74, 6) is -1.54. The van der Waals surface area contributed by atoms with Crippen LogP contribution in [0.25, 0.3) is 0 Å². The van der Waals surface area contributed by atoms with Crippen LogP contribution in [0, 0.1) is 11.7 Å². The molecule has 1 aliphatic rings. The fraction of sp³-hybridized carbons (Fsp3) is 0.417. The van der Waals surface area contributed by atoms with Crippen molar-refractivity contribution in [2.45, 2.75) is 18.9 Å². The fourth-order valence-corrected chi connectivity index (χ4v) is 1.74. The predicted molar refractivity (Wildman–Crippen MR) is 60.6 cm³/mol. The van der Waals surface area contributed by atoms with Crippen molar-refractivity contribution in [3.63, 3.8) is 0 Å². The molecule has 1 unspecified atom stereocenters. The van der Waals surface area contributed by atoms with Crippen LogP contribution in [-0.4, -0.2) is 28.8 Å². The Bertz CT molecular complexity index is 432. The van der Waals surface area contributed by atoms with Crippen LogP contribution in [0.2, 0.25) is 0 Å². The normalized spacial score (nSPS) is 16.6. The van der Waals surface area contributed by atoms with Gasteiger partial charge in [-0.1, -0.05) is 6.07 Å². The van der Waals surface area contributed by atoms with Crippen molar-refractivity contribution in [3.8, 4) is 0 Å². The Kier molecular flexibility index (Phi) is 3.28. The van der Waals surface area contributed by atoms with E-state index in [9.17, 15) is 14.3 Å². The second-order valence-electron chi connectivity index (χ2n) is 4.25. The third-order valence-electron chi connectivity index (χ3n) is 2.90. The van der Waals surface area contributed by atoms with E-state index in [0.29, 0.717) is 0 Å². The number of hydrogen-bond acceptors (Lipinski definition) is 3. The van der Waals surface area contributed by atoms with E-state index in [-0.39, 0.29) is 23.7 Å². The number of hydrogen-bond donors (Lipinski definition) is 3. The third-order valence-corrected chi connectivity index (χ3v) is 2.90. The van der Waals surface area contributed by atoms with E-state index in [0.717, 1.165) is 12.8 Å². The molecule has 0 saturated heterocycles. The summed E-state index contributed by atoms with van der Waals surface area (Å²) in [7, 11) is 0. The minimum Gasteiger partial charge on any atom is -0.478 e. The van der Waals surface area contributed by atoms with E-state index in [1.807, 2.05) is 0 Å². The summed E-state index contributed by atoms with van der Waals surface area (Å²) in [4.78, 5) is 10.9. The molecule has 0 amide bonds. The van der Waals surface area contributed by atoms with Gasteiger partial charge in [-0.15, -0.1) is 0 Å². The van der Waals surface area contributed by atoms with Crippen molar-refractivity contribution in [3.05, 3.63) is 29.6 Å². The first kappa shape index (κ1) is 11.9. The third kappa shape index (κ3) is 2.74. The van der Waals surface area contributed by atoms with Crippen molar-refractivity contribution in [2.24, 2.45) is 5.92 Å². The van der Waals surface area contributed by atoms with Crippen molar-refractivity contribution in [2.75, 3.05) is 11.9 Å². The lowest BCUT2D eigenvalue weighted by molar-refractivity contribution is 0.0697. The highest BCUT2D eigenvalue weighted by atomic mass is 19.1. The van der Waals surface area contributed by atoms with Crippen LogP contribution in [0.3, 0.4) is 0 Å². The smallest absolute Gasteiger partial charge is 0.337 e. The zero-order valence-corrected chi connectivity index (χ0v) is 9.19. The zero-order valence-electron chi connectivity index (χ0n) is 9.19. The average molecular weight is 239 g/mol. The van der Waals surface area contributed by atoms with Crippen LogP contribution in [0.5, 0.6) is 0 Å². The molecule has 0 spiro atoms. The number of anilines is 1. The standard InChI is InChI=1S/C12H14FNO3/c13-9-3-1-2-8(12(16)17)11(9)14-6-10(15)7-4-5-7/h1-3,7,10,14-15H,4-6H2,(H,16,17). The SMILES string of the molecule is O=C(O)c1cccc(F)c1NCC(O)C1CC1. The van der Waals surface area contributed by atoms with Gasteiger partial charge in [0.25, 0.3) is 0 Å². The van der Waals surface area contributed by atoms with E-state index >= 15 is 0 Å². The minimum absolute atomic E-state index is 0.0558. The summed E-state index contributed by atoms with van der Waals surface area (Å²) in [6, 6.07) is 3.87. The Morgan fingerprint density at radius 3 is 2.82 bits per heavy atom. The number of aliphatic hydroxyl groups excluding tert-OH is 1. The molecule has 2 rings (SSSR count). The Labute approximate surface area is 98.1 Å². The highest BCUT2D eigenvalue weighted by molar-refractivity contribution is 5.94. The number of carboxylic acid groups (broad SMARTS) is 1. The maximum Gasteiger partial charge on any atom is 0.337 e. The first-order valence-corrected chi connectivity index (χ1v) is 5.53. The fourth-order valence-electron chi connectivity index (χ4n) is 1.74. The summed E-state index contributed by atoms with van der Waals surface area (Å²) in [5.41, 5.74) is -0.173. The van der Waals surface area contributed by atoms with Gasteiger partial charge >= 0.3 is 5.97 Å². The molecule has 0 heterocycles. The molecule has 3 N–H and O–H groups in total. The number of aliphatic hydroxyl groups is 1. The van der Waals surface area contributed by atoms with Gasteiger partial charge in [0.2, 0.25) is 0 Å². The predicted octanol–water partition coefficient (Wildman–Crippen LogP) is 1.71. The summed E-state index contributed by atoms with van der Waals surface area (Å²) in [6.45, 7) is 0.172. The number of rotatable bonds is 5. The van der Waals surface area contributed by atoms with Gasteiger partial charge in [0, 0.05) is 6.54 Å². The topological polar surface area (TPSA) is 69.6 Å². The molecule has 0 aliphatic heterocycles. The first-order valence-electron chi connectivity index (χ1n) is 5.53. The molecule has 1 fully saturated rings. The Balaban J connectivity index is 2.10. The van der Waals surface area contributed by atoms with Gasteiger partial charge < -0.3 is 15.5 Å². The van der Waals surface area contributed by atoms with Gasteiger partial charge in [-0.05, 0) is 30.9 Å². The molecule has 0 bridgehead atoms. The number of benzene rings is 1. The van der Waals surface area contributed by atoms with Crippen molar-refractivity contribution >= 4 is 11.7 Å². The average Bonchev–Trinajstić information content (AvgIpc) is 3.10. The molecular weight excluding hydrogens is 225 g/mol. The molecule has 1 saturated carbocycles. The zero-order chi connectivity index (χ0) is 12.4. The largest absolute Gasteiger partial charge is 0.478 e. The summed E-state index contributed by atoms with van der Waals surface area (Å²) >= 11 is 0. The number of carboxylic acids is 1. The molecule has 1 aliphatic carbocycles. The van der Waals surface area contributed by atoms with Crippen LogP contribution in [0.4, 0.5) is 10.1 Å². The number of para-hydroxylation sites is 1. The lowest BCUT2D eigenvalue weighted by Crippen LogP contribution is -2.22. The maximum atomic E-state index is 13.5. The van der Waals surface area contributed by atoms with Crippen molar-refractivity contribution in [1.29, 1.82) is 0 Å². The number of aromatic carboxylic acids is 1. The van der Waals surface area contributed by atoms with Gasteiger partial charge in [0.05, 0.1) is 17.4 Å². The van der Waals surface area contributed by atoms with E-state index in [1.54, 1.807) is 0 Å². The monoisotopic (exact) mass is 239 g/mol. The second kappa shape index (κ2) is 4.71. The number of nitrogens with one attached hydrogen (secondary N) is 1. The van der Waals surface area contributed by atoms with Crippen LogP contribution in [0.15, 0.2) is 18.2 Å². The summed E-state index contributed by atoms with van der Waals surface area (Å²) in [6.07, 6.45) is 1.41. The molecular formula is C12H14FNO3. The Hall–Kier alpha value is -1.62. The van der Waals surface area contributed by atoms with Crippen molar-refractivity contribution < 1.29 is 19.4 Å². The molecule has 17 heavy (non-hydrogen) atoms. The van der Waals surface area contributed by atoms with Crippen LogP contribution in [0.1, 0.15) is 23.2 Å². The lowest BCUT2D eigenvalue weighted by Gasteiger charge is -2.14. The Morgan fingerprint density at radius 1 is 1.53 bits per heavy atom. The van der Waals surface area contributed by atoms with Crippen LogP contribution < -0.4 is 5.32 Å². The first-order chi connectivity index (χ1) is 8.09. The van der Waals surface area contributed by atoms with Gasteiger partial charge in [0.1, 0.15) is 5.82 Å². The highest BCUT2D eigenvalue weighted by Crippen LogP contribution is 2.32. The molecule has 0 aromatic heterocycles. The van der Waals surface area contributed by atoms with E-state index in [1.165, 1.54) is 18.2 Å². The van der Waals surface area contributed by atoms with Crippen molar-refractivity contribution in [1.82, 2.24) is 0 Å². The lowest BCUT2D eigenvalue weighted by atomic mass is 10.1. The quantitative estimate of drug-likeness (QED) is 0.731. The molecule has 4 nitrogen and oxygen atoms in total. The number of halogens is 1. The van der Waals surface area contributed by atoms with Crippen LogP contribution in [-0.2, 0) is 0 Å². The van der Waals surface area contributed by atoms with Gasteiger partial charge in [-0.2, -0.15) is 0 Å². The van der Waals surface area contributed by atoms with Gasteiger partial charge in [-0.3, -0.25) is 0 Å². The van der Waals surface area contributed by atoms with Gasteiger partial charge in [0.15, 0.2) is 0 Å². The summed E-state index contributed by atoms with van der Waals surface area (Å²) in [5, 5.41) is 21.2. The molecule has 1 aromatic carbocycles. The molecule has 92 valence electrons. The molecule has 0 radical (unpaired) electrons. The molecule has 1 aromatic rings. The summed E-state index contributed by atoms with van der Waals surface area (Å²) < 4.78 is 13.5.